The Labute approximate surface area is 113 Å². The number of methoxy groups -OCH3 is 1. The molecule has 0 saturated heterocycles. The molecule has 3 atom stereocenters. The normalized spacial score (nSPS) is 26.2. The van der Waals surface area contributed by atoms with E-state index in [1.54, 1.807) is 7.11 Å². The van der Waals surface area contributed by atoms with Gasteiger partial charge in [0.1, 0.15) is 0 Å². The molecule has 0 bridgehead atoms. The minimum absolute atomic E-state index is 0.207. The van der Waals surface area contributed by atoms with Crippen molar-refractivity contribution in [1.82, 2.24) is 5.32 Å². The third-order valence-corrected chi connectivity index (χ3v) is 3.76. The topological polar surface area (TPSA) is 30.5 Å². The molecule has 3 heteroatoms. The van der Waals surface area contributed by atoms with Crippen LogP contribution in [-0.2, 0) is 9.47 Å². The van der Waals surface area contributed by atoms with Gasteiger partial charge in [0.25, 0.3) is 0 Å². The Morgan fingerprint density at radius 2 is 2.17 bits per heavy atom. The summed E-state index contributed by atoms with van der Waals surface area (Å²) in [5.41, 5.74) is 0. The lowest BCUT2D eigenvalue weighted by Gasteiger charge is -2.28. The van der Waals surface area contributed by atoms with Gasteiger partial charge in [0.2, 0.25) is 0 Å². The van der Waals surface area contributed by atoms with Crippen LogP contribution in [0.2, 0.25) is 0 Å². The smallest absolute Gasteiger partial charge is 0.0932 e. The molecule has 0 amide bonds. The maximum atomic E-state index is 6.03. The second-order valence-corrected chi connectivity index (χ2v) is 5.75. The van der Waals surface area contributed by atoms with Crippen LogP contribution in [0.3, 0.4) is 0 Å². The second kappa shape index (κ2) is 9.76. The first-order chi connectivity index (χ1) is 8.76. The third-order valence-electron chi connectivity index (χ3n) is 3.76. The Kier molecular flexibility index (Phi) is 8.64. The van der Waals surface area contributed by atoms with Gasteiger partial charge in [0, 0.05) is 20.3 Å². The molecule has 1 aliphatic rings. The van der Waals surface area contributed by atoms with Gasteiger partial charge >= 0.3 is 0 Å². The van der Waals surface area contributed by atoms with E-state index in [9.17, 15) is 0 Å². The molecule has 1 rings (SSSR count). The van der Waals surface area contributed by atoms with Gasteiger partial charge in [-0.2, -0.15) is 0 Å². The summed E-state index contributed by atoms with van der Waals surface area (Å²) >= 11 is 0. The largest absolute Gasteiger partial charge is 0.382 e. The summed E-state index contributed by atoms with van der Waals surface area (Å²) < 4.78 is 11.3. The van der Waals surface area contributed by atoms with Crippen molar-refractivity contribution in [3.63, 3.8) is 0 Å². The van der Waals surface area contributed by atoms with Gasteiger partial charge in [0.15, 0.2) is 0 Å². The lowest BCUT2D eigenvalue weighted by Crippen LogP contribution is -2.34. The zero-order valence-corrected chi connectivity index (χ0v) is 12.4. The van der Waals surface area contributed by atoms with E-state index in [-0.39, 0.29) is 6.10 Å². The van der Waals surface area contributed by atoms with Crippen molar-refractivity contribution >= 4 is 0 Å². The van der Waals surface area contributed by atoms with E-state index in [2.05, 4.69) is 19.2 Å². The van der Waals surface area contributed by atoms with E-state index < -0.39 is 0 Å². The molecule has 0 radical (unpaired) electrons. The van der Waals surface area contributed by atoms with Crippen LogP contribution in [0.25, 0.3) is 0 Å². The maximum absolute atomic E-state index is 6.03. The molecule has 3 nitrogen and oxygen atoms in total. The predicted octanol–water partition coefficient (Wildman–Crippen LogP) is 2.84. The summed E-state index contributed by atoms with van der Waals surface area (Å²) in [6.07, 6.45) is 6.82. The van der Waals surface area contributed by atoms with Crippen molar-refractivity contribution in [3.05, 3.63) is 0 Å². The average Bonchev–Trinajstić information content (AvgIpc) is 2.36. The molecule has 3 unspecified atom stereocenters. The van der Waals surface area contributed by atoms with E-state index >= 15 is 0 Å². The predicted molar refractivity (Wildman–Crippen MR) is 75.9 cm³/mol. The zero-order chi connectivity index (χ0) is 13.2. The van der Waals surface area contributed by atoms with Crippen LogP contribution in [0, 0.1) is 11.8 Å². The molecule has 0 aromatic carbocycles. The SMILES string of the molecule is CCCNCC(COC)OCC1CCCC(C)C1. The number of hydrogen-bond acceptors (Lipinski definition) is 3. The number of rotatable bonds is 9. The van der Waals surface area contributed by atoms with Crippen LogP contribution in [0.4, 0.5) is 0 Å². The van der Waals surface area contributed by atoms with Crippen molar-refractivity contribution in [3.8, 4) is 0 Å². The van der Waals surface area contributed by atoms with Gasteiger partial charge in [-0.1, -0.05) is 26.7 Å². The van der Waals surface area contributed by atoms with Gasteiger partial charge < -0.3 is 14.8 Å². The number of ether oxygens (including phenoxy) is 2. The van der Waals surface area contributed by atoms with Gasteiger partial charge in [-0.15, -0.1) is 0 Å². The molecular formula is C15H31NO2. The fraction of sp³-hybridized carbons (Fsp3) is 1.00. The van der Waals surface area contributed by atoms with Crippen LogP contribution < -0.4 is 5.32 Å². The van der Waals surface area contributed by atoms with Crippen LogP contribution in [0.1, 0.15) is 46.0 Å². The average molecular weight is 257 g/mol. The van der Waals surface area contributed by atoms with Crippen molar-refractivity contribution < 1.29 is 9.47 Å². The molecule has 1 saturated carbocycles. The summed E-state index contributed by atoms with van der Waals surface area (Å²) in [6, 6.07) is 0. The maximum Gasteiger partial charge on any atom is 0.0932 e. The quantitative estimate of drug-likeness (QED) is 0.644. The van der Waals surface area contributed by atoms with Crippen LogP contribution in [-0.4, -0.2) is 39.5 Å². The first kappa shape index (κ1) is 15.9. The van der Waals surface area contributed by atoms with Crippen molar-refractivity contribution in [2.45, 2.75) is 52.1 Å². The standard InChI is InChI=1S/C15H31NO2/c1-4-8-16-10-15(12-17-3)18-11-14-7-5-6-13(2)9-14/h13-16H,4-12H2,1-3H3. The summed E-state index contributed by atoms with van der Waals surface area (Å²) in [5.74, 6) is 1.64. The zero-order valence-electron chi connectivity index (χ0n) is 12.4. The second-order valence-electron chi connectivity index (χ2n) is 5.75. The van der Waals surface area contributed by atoms with Gasteiger partial charge in [-0.25, -0.2) is 0 Å². The highest BCUT2D eigenvalue weighted by Crippen LogP contribution is 2.28. The summed E-state index contributed by atoms with van der Waals surface area (Å²) in [5, 5.41) is 3.41. The fourth-order valence-electron chi connectivity index (χ4n) is 2.77. The van der Waals surface area contributed by atoms with Crippen LogP contribution in [0.5, 0.6) is 0 Å². The molecule has 108 valence electrons. The van der Waals surface area contributed by atoms with Crippen LogP contribution in [0.15, 0.2) is 0 Å². The monoisotopic (exact) mass is 257 g/mol. The van der Waals surface area contributed by atoms with Crippen molar-refractivity contribution in [2.75, 3.05) is 33.4 Å². The summed E-state index contributed by atoms with van der Waals surface area (Å²) in [7, 11) is 1.75. The molecular weight excluding hydrogens is 226 g/mol. The lowest BCUT2D eigenvalue weighted by atomic mass is 9.83. The summed E-state index contributed by atoms with van der Waals surface area (Å²) in [6.45, 7) is 8.11. The molecule has 1 N–H and O–H groups in total. The Bertz CT molecular complexity index is 199. The van der Waals surface area contributed by atoms with Crippen molar-refractivity contribution in [1.29, 1.82) is 0 Å². The molecule has 0 aromatic rings. The Morgan fingerprint density at radius 3 is 2.83 bits per heavy atom. The van der Waals surface area contributed by atoms with Crippen molar-refractivity contribution in [2.24, 2.45) is 11.8 Å². The number of hydrogen-bond donors (Lipinski definition) is 1. The highest BCUT2D eigenvalue weighted by molar-refractivity contribution is 4.71. The third kappa shape index (κ3) is 6.72. The molecule has 18 heavy (non-hydrogen) atoms. The van der Waals surface area contributed by atoms with E-state index in [0.29, 0.717) is 6.61 Å². The van der Waals surface area contributed by atoms with E-state index in [1.165, 1.54) is 32.1 Å². The first-order valence-electron chi connectivity index (χ1n) is 7.57. The Hall–Kier alpha value is -0.120. The van der Waals surface area contributed by atoms with Gasteiger partial charge in [0.05, 0.1) is 12.7 Å². The van der Waals surface area contributed by atoms with Gasteiger partial charge in [-0.05, 0) is 37.6 Å². The molecule has 0 aliphatic heterocycles. The highest BCUT2D eigenvalue weighted by atomic mass is 16.5. The minimum Gasteiger partial charge on any atom is -0.382 e. The Balaban J connectivity index is 2.18. The first-order valence-corrected chi connectivity index (χ1v) is 7.57. The highest BCUT2D eigenvalue weighted by Gasteiger charge is 2.20. The van der Waals surface area contributed by atoms with Gasteiger partial charge in [-0.3, -0.25) is 0 Å². The molecule has 1 aliphatic carbocycles. The van der Waals surface area contributed by atoms with E-state index in [4.69, 9.17) is 9.47 Å². The van der Waals surface area contributed by atoms with E-state index in [1.807, 2.05) is 0 Å². The molecule has 0 aromatic heterocycles. The lowest BCUT2D eigenvalue weighted by molar-refractivity contribution is -0.0233. The fourth-order valence-corrected chi connectivity index (χ4v) is 2.77. The molecule has 1 fully saturated rings. The Morgan fingerprint density at radius 1 is 1.33 bits per heavy atom. The summed E-state index contributed by atoms with van der Waals surface area (Å²) in [4.78, 5) is 0. The van der Waals surface area contributed by atoms with Crippen LogP contribution >= 0.6 is 0 Å². The minimum atomic E-state index is 0.207. The number of nitrogens with one attached hydrogen (secondary N) is 1. The molecule has 0 spiro atoms. The van der Waals surface area contributed by atoms with E-state index in [0.717, 1.165) is 31.5 Å². The molecule has 0 heterocycles.